The largest absolute Gasteiger partial charge is 0.322 e. The van der Waals surface area contributed by atoms with Gasteiger partial charge in [0.25, 0.3) is 17.7 Å². The van der Waals surface area contributed by atoms with E-state index in [-0.39, 0.29) is 22.6 Å². The number of benzene rings is 3. The third-order valence-corrected chi connectivity index (χ3v) is 5.99. The van der Waals surface area contributed by atoms with Gasteiger partial charge >= 0.3 is 0 Å². The molecule has 0 aromatic heterocycles. The zero-order valence-corrected chi connectivity index (χ0v) is 18.0. The molecule has 3 aromatic rings. The van der Waals surface area contributed by atoms with Gasteiger partial charge in [-0.1, -0.05) is 24.3 Å². The number of carbonyl (C=O) groups is 4. The van der Waals surface area contributed by atoms with Gasteiger partial charge < -0.3 is 10.2 Å². The lowest BCUT2D eigenvalue weighted by atomic mass is 10.1. The van der Waals surface area contributed by atoms with E-state index in [2.05, 4.69) is 5.32 Å². The first kappa shape index (κ1) is 20.6. The van der Waals surface area contributed by atoms with Gasteiger partial charge in [0.15, 0.2) is 0 Å². The van der Waals surface area contributed by atoms with Gasteiger partial charge in [0.05, 0.1) is 16.8 Å². The molecule has 4 amide bonds. The van der Waals surface area contributed by atoms with Crippen LogP contribution >= 0.6 is 0 Å². The third kappa shape index (κ3) is 3.57. The number of anilines is 3. The molecule has 2 aliphatic heterocycles. The molecule has 5 rings (SSSR count). The number of nitrogens with zero attached hydrogens (tertiary/aromatic N) is 2. The van der Waals surface area contributed by atoms with E-state index in [4.69, 9.17) is 0 Å². The SMILES string of the molecule is Cc1ccccc1N1C(=O)c2ccc(C(=O)Nc3cccc(N4CCCC4=O)c3)cc2C1=O. The summed E-state index contributed by atoms with van der Waals surface area (Å²) in [5.41, 5.74) is 3.36. The van der Waals surface area contributed by atoms with Gasteiger partial charge in [0.2, 0.25) is 5.91 Å². The number of aryl methyl sites for hydroxylation is 1. The van der Waals surface area contributed by atoms with Crippen LogP contribution in [0.1, 0.15) is 49.5 Å². The molecule has 2 aliphatic rings. The van der Waals surface area contributed by atoms with Gasteiger partial charge in [-0.05, 0) is 61.4 Å². The minimum absolute atomic E-state index is 0.0680. The Kier molecular flexibility index (Phi) is 5.01. The Balaban J connectivity index is 1.39. The molecule has 1 N–H and O–H groups in total. The van der Waals surface area contributed by atoms with E-state index >= 15 is 0 Å². The molecule has 0 unspecified atom stereocenters. The molecular weight excluding hydrogens is 418 g/mol. The fraction of sp³-hybridized carbons (Fsp3) is 0.154. The number of nitrogens with one attached hydrogen (secondary N) is 1. The fourth-order valence-electron chi connectivity index (χ4n) is 4.29. The fourth-order valence-corrected chi connectivity index (χ4v) is 4.29. The summed E-state index contributed by atoms with van der Waals surface area (Å²) in [4.78, 5) is 53.7. The third-order valence-electron chi connectivity index (χ3n) is 5.99. The van der Waals surface area contributed by atoms with Crippen molar-refractivity contribution in [3.05, 3.63) is 89.0 Å². The molecule has 164 valence electrons. The minimum atomic E-state index is -0.450. The van der Waals surface area contributed by atoms with E-state index < -0.39 is 17.7 Å². The number of fused-ring (bicyclic) bond motifs is 1. The molecule has 3 aromatic carbocycles. The van der Waals surface area contributed by atoms with Crippen molar-refractivity contribution in [3.63, 3.8) is 0 Å². The van der Waals surface area contributed by atoms with Crippen molar-refractivity contribution in [1.82, 2.24) is 0 Å². The summed E-state index contributed by atoms with van der Waals surface area (Å²) >= 11 is 0. The number of carbonyl (C=O) groups excluding carboxylic acids is 4. The van der Waals surface area contributed by atoms with Gasteiger partial charge in [0.1, 0.15) is 0 Å². The maximum absolute atomic E-state index is 13.1. The lowest BCUT2D eigenvalue weighted by Crippen LogP contribution is -2.29. The van der Waals surface area contributed by atoms with E-state index in [0.717, 1.165) is 22.6 Å². The Bertz CT molecular complexity index is 1330. The van der Waals surface area contributed by atoms with Crippen LogP contribution < -0.4 is 15.1 Å². The highest BCUT2D eigenvalue weighted by molar-refractivity contribution is 6.35. The van der Waals surface area contributed by atoms with Crippen molar-refractivity contribution >= 4 is 40.7 Å². The average molecular weight is 439 g/mol. The van der Waals surface area contributed by atoms with Crippen molar-refractivity contribution in [1.29, 1.82) is 0 Å². The number of amides is 4. The van der Waals surface area contributed by atoms with Gasteiger partial charge in [-0.25, -0.2) is 4.90 Å². The molecule has 33 heavy (non-hydrogen) atoms. The first-order chi connectivity index (χ1) is 15.9. The van der Waals surface area contributed by atoms with Gasteiger partial charge in [0, 0.05) is 29.9 Å². The lowest BCUT2D eigenvalue weighted by Gasteiger charge is -2.16. The van der Waals surface area contributed by atoms with Crippen LogP contribution in [-0.4, -0.2) is 30.2 Å². The lowest BCUT2D eigenvalue weighted by molar-refractivity contribution is -0.117. The molecule has 7 heteroatoms. The van der Waals surface area contributed by atoms with Crippen LogP contribution in [0.2, 0.25) is 0 Å². The van der Waals surface area contributed by atoms with Crippen LogP contribution in [0.25, 0.3) is 0 Å². The molecule has 1 saturated heterocycles. The average Bonchev–Trinajstić information content (AvgIpc) is 3.35. The first-order valence-corrected chi connectivity index (χ1v) is 10.7. The number of rotatable bonds is 4. The van der Waals surface area contributed by atoms with E-state index in [1.165, 1.54) is 18.2 Å². The van der Waals surface area contributed by atoms with Crippen molar-refractivity contribution in [2.24, 2.45) is 0 Å². The van der Waals surface area contributed by atoms with Crippen molar-refractivity contribution < 1.29 is 19.2 Å². The van der Waals surface area contributed by atoms with E-state index in [0.29, 0.717) is 24.3 Å². The number of hydrogen-bond donors (Lipinski definition) is 1. The smallest absolute Gasteiger partial charge is 0.266 e. The van der Waals surface area contributed by atoms with E-state index in [9.17, 15) is 19.2 Å². The molecule has 0 bridgehead atoms. The van der Waals surface area contributed by atoms with Crippen LogP contribution in [0.15, 0.2) is 66.7 Å². The zero-order valence-electron chi connectivity index (χ0n) is 18.0. The van der Waals surface area contributed by atoms with Crippen LogP contribution in [0.3, 0.4) is 0 Å². The van der Waals surface area contributed by atoms with Crippen LogP contribution in [0.5, 0.6) is 0 Å². The molecule has 0 spiro atoms. The predicted molar refractivity (Wildman–Crippen MR) is 125 cm³/mol. The van der Waals surface area contributed by atoms with Crippen LogP contribution in [0, 0.1) is 6.92 Å². The minimum Gasteiger partial charge on any atom is -0.322 e. The highest BCUT2D eigenvalue weighted by atomic mass is 16.2. The molecule has 0 atom stereocenters. The quantitative estimate of drug-likeness (QED) is 0.618. The molecule has 0 aliphatic carbocycles. The van der Waals surface area contributed by atoms with Crippen molar-refractivity contribution in [3.8, 4) is 0 Å². The summed E-state index contributed by atoms with van der Waals surface area (Å²) < 4.78 is 0. The monoisotopic (exact) mass is 439 g/mol. The van der Waals surface area contributed by atoms with Crippen LogP contribution in [0.4, 0.5) is 17.1 Å². The Morgan fingerprint density at radius 1 is 0.879 bits per heavy atom. The molecule has 0 saturated carbocycles. The predicted octanol–water partition coefficient (Wildman–Crippen LogP) is 4.17. The maximum atomic E-state index is 13.1. The maximum Gasteiger partial charge on any atom is 0.266 e. The summed E-state index contributed by atoms with van der Waals surface area (Å²) in [7, 11) is 0. The highest BCUT2D eigenvalue weighted by Crippen LogP contribution is 2.31. The standard InChI is InChI=1S/C26H21N3O4/c1-16-6-2-3-9-22(16)29-25(32)20-12-11-17(14-21(20)26(29)33)24(31)27-18-7-4-8-19(15-18)28-13-5-10-23(28)30/h2-4,6-9,11-12,14-15H,5,10,13H2,1H3,(H,27,31). The molecule has 1 fully saturated rings. The molecular formula is C26H21N3O4. The Hall–Kier alpha value is -4.26. The molecule has 7 nitrogen and oxygen atoms in total. The topological polar surface area (TPSA) is 86.8 Å². The second-order valence-electron chi connectivity index (χ2n) is 8.15. The first-order valence-electron chi connectivity index (χ1n) is 10.7. The Morgan fingerprint density at radius 3 is 2.42 bits per heavy atom. The highest BCUT2D eigenvalue weighted by Gasteiger charge is 2.37. The summed E-state index contributed by atoms with van der Waals surface area (Å²) in [6, 6.07) is 18.8. The van der Waals surface area contributed by atoms with Gasteiger partial charge in [-0.15, -0.1) is 0 Å². The number of hydrogen-bond acceptors (Lipinski definition) is 4. The Morgan fingerprint density at radius 2 is 1.67 bits per heavy atom. The Labute approximate surface area is 190 Å². The van der Waals surface area contributed by atoms with Gasteiger partial charge in [-0.3, -0.25) is 19.2 Å². The zero-order chi connectivity index (χ0) is 23.1. The second kappa shape index (κ2) is 8.02. The normalized spacial score (nSPS) is 15.2. The van der Waals surface area contributed by atoms with Crippen molar-refractivity contribution in [2.75, 3.05) is 21.7 Å². The van der Waals surface area contributed by atoms with Crippen LogP contribution in [-0.2, 0) is 4.79 Å². The molecule has 0 radical (unpaired) electrons. The summed E-state index contributed by atoms with van der Waals surface area (Å²) in [6.45, 7) is 2.50. The molecule has 2 heterocycles. The van der Waals surface area contributed by atoms with Crippen molar-refractivity contribution in [2.45, 2.75) is 19.8 Å². The number of imide groups is 1. The van der Waals surface area contributed by atoms with E-state index in [1.807, 2.05) is 25.1 Å². The number of para-hydroxylation sites is 1. The summed E-state index contributed by atoms with van der Waals surface area (Å²) in [6.07, 6.45) is 1.34. The summed E-state index contributed by atoms with van der Waals surface area (Å²) in [5.74, 6) is -1.19. The van der Waals surface area contributed by atoms with Gasteiger partial charge in [-0.2, -0.15) is 0 Å². The second-order valence-corrected chi connectivity index (χ2v) is 8.15. The summed E-state index contributed by atoms with van der Waals surface area (Å²) in [5, 5.41) is 2.82. The van der Waals surface area contributed by atoms with E-state index in [1.54, 1.807) is 35.2 Å².